The molecule has 98 valence electrons. The molecule has 0 aromatic heterocycles. The molecule has 4 heteroatoms. The molecule has 0 saturated carbocycles. The lowest BCUT2D eigenvalue weighted by molar-refractivity contribution is 0.0589. The van der Waals surface area contributed by atoms with Crippen LogP contribution in [0.5, 0.6) is 0 Å². The quantitative estimate of drug-likeness (QED) is 0.525. The molecule has 0 aliphatic heterocycles. The number of ether oxygens (including phenoxy) is 1. The zero-order valence-electron chi connectivity index (χ0n) is 10.8. The fraction of sp³-hybridized carbons (Fsp3) is 1.00. The molecule has 0 aliphatic rings. The first-order valence-corrected chi connectivity index (χ1v) is 6.16. The Morgan fingerprint density at radius 1 is 1.25 bits per heavy atom. The SMILES string of the molecule is CCCCC(COC)NC(CC)(CO)CO. The summed E-state index contributed by atoms with van der Waals surface area (Å²) in [6.07, 6.45) is 3.97. The van der Waals surface area contributed by atoms with Crippen molar-refractivity contribution < 1.29 is 14.9 Å². The van der Waals surface area contributed by atoms with Gasteiger partial charge in [-0.15, -0.1) is 0 Å². The third-order valence-corrected chi connectivity index (χ3v) is 3.07. The third kappa shape index (κ3) is 5.25. The molecule has 0 heterocycles. The maximum absolute atomic E-state index is 9.36. The van der Waals surface area contributed by atoms with E-state index in [0.29, 0.717) is 13.0 Å². The van der Waals surface area contributed by atoms with Crippen molar-refractivity contribution in [3.05, 3.63) is 0 Å². The topological polar surface area (TPSA) is 61.7 Å². The Morgan fingerprint density at radius 2 is 1.88 bits per heavy atom. The normalized spacial score (nSPS) is 14.1. The second kappa shape index (κ2) is 8.93. The van der Waals surface area contributed by atoms with Crippen LogP contribution in [0.3, 0.4) is 0 Å². The van der Waals surface area contributed by atoms with Gasteiger partial charge in [-0.3, -0.25) is 0 Å². The van der Waals surface area contributed by atoms with E-state index >= 15 is 0 Å². The van der Waals surface area contributed by atoms with E-state index in [9.17, 15) is 10.2 Å². The molecule has 3 N–H and O–H groups in total. The van der Waals surface area contributed by atoms with Gasteiger partial charge in [-0.2, -0.15) is 0 Å². The van der Waals surface area contributed by atoms with Gasteiger partial charge in [0.1, 0.15) is 0 Å². The van der Waals surface area contributed by atoms with Gasteiger partial charge >= 0.3 is 0 Å². The molecule has 16 heavy (non-hydrogen) atoms. The Morgan fingerprint density at radius 3 is 2.25 bits per heavy atom. The van der Waals surface area contributed by atoms with E-state index in [4.69, 9.17) is 4.74 Å². The highest BCUT2D eigenvalue weighted by atomic mass is 16.5. The first kappa shape index (κ1) is 15.8. The minimum atomic E-state index is -0.572. The fourth-order valence-corrected chi connectivity index (χ4v) is 1.75. The van der Waals surface area contributed by atoms with Crippen molar-refractivity contribution in [2.45, 2.75) is 51.1 Å². The summed E-state index contributed by atoms with van der Waals surface area (Å²) in [4.78, 5) is 0. The van der Waals surface area contributed by atoms with Crippen LogP contribution in [0.2, 0.25) is 0 Å². The van der Waals surface area contributed by atoms with Gasteiger partial charge in [0.15, 0.2) is 0 Å². The van der Waals surface area contributed by atoms with Gasteiger partial charge in [0.05, 0.1) is 25.4 Å². The van der Waals surface area contributed by atoms with Gasteiger partial charge in [0.25, 0.3) is 0 Å². The number of rotatable bonds is 10. The minimum Gasteiger partial charge on any atom is -0.394 e. The van der Waals surface area contributed by atoms with Crippen molar-refractivity contribution in [2.24, 2.45) is 0 Å². The molecule has 1 atom stereocenters. The van der Waals surface area contributed by atoms with E-state index in [0.717, 1.165) is 19.3 Å². The van der Waals surface area contributed by atoms with Crippen LogP contribution in [0.15, 0.2) is 0 Å². The summed E-state index contributed by atoms with van der Waals surface area (Å²) < 4.78 is 5.15. The molecular formula is C12H27NO3. The Bertz CT molecular complexity index is 152. The average Bonchev–Trinajstić information content (AvgIpc) is 2.33. The molecule has 0 radical (unpaired) electrons. The van der Waals surface area contributed by atoms with Crippen molar-refractivity contribution in [3.63, 3.8) is 0 Å². The third-order valence-electron chi connectivity index (χ3n) is 3.07. The summed E-state index contributed by atoms with van der Waals surface area (Å²) in [6.45, 7) is 4.62. The van der Waals surface area contributed by atoms with Crippen molar-refractivity contribution >= 4 is 0 Å². The van der Waals surface area contributed by atoms with E-state index < -0.39 is 5.54 Å². The summed E-state index contributed by atoms with van der Waals surface area (Å²) >= 11 is 0. The average molecular weight is 233 g/mol. The van der Waals surface area contributed by atoms with Crippen LogP contribution in [0.4, 0.5) is 0 Å². The number of aliphatic hydroxyl groups excluding tert-OH is 2. The maximum atomic E-state index is 9.36. The highest BCUT2D eigenvalue weighted by Gasteiger charge is 2.28. The maximum Gasteiger partial charge on any atom is 0.0648 e. The summed E-state index contributed by atoms with van der Waals surface area (Å²) in [5, 5.41) is 22.0. The largest absolute Gasteiger partial charge is 0.394 e. The molecule has 0 spiro atoms. The Balaban J connectivity index is 4.31. The second-order valence-corrected chi connectivity index (χ2v) is 4.39. The van der Waals surface area contributed by atoms with Crippen LogP contribution < -0.4 is 5.32 Å². The zero-order valence-corrected chi connectivity index (χ0v) is 10.8. The lowest BCUT2D eigenvalue weighted by Gasteiger charge is -2.34. The summed E-state index contributed by atoms with van der Waals surface area (Å²) in [5.74, 6) is 0. The van der Waals surface area contributed by atoms with E-state index in [1.165, 1.54) is 0 Å². The monoisotopic (exact) mass is 233 g/mol. The molecule has 0 aromatic rings. The molecule has 0 fully saturated rings. The number of hydrogen-bond donors (Lipinski definition) is 3. The predicted octanol–water partition coefficient (Wildman–Crippen LogP) is 0.915. The van der Waals surface area contributed by atoms with Crippen LogP contribution >= 0.6 is 0 Å². The van der Waals surface area contributed by atoms with Crippen molar-refractivity contribution in [1.82, 2.24) is 5.32 Å². The van der Waals surface area contributed by atoms with Crippen LogP contribution in [-0.4, -0.2) is 48.7 Å². The van der Waals surface area contributed by atoms with E-state index in [2.05, 4.69) is 12.2 Å². The van der Waals surface area contributed by atoms with Gasteiger partial charge in [-0.1, -0.05) is 26.7 Å². The Labute approximate surface area is 99.0 Å². The molecular weight excluding hydrogens is 206 g/mol. The number of methoxy groups -OCH3 is 1. The molecule has 0 rings (SSSR count). The van der Waals surface area contributed by atoms with Gasteiger partial charge in [-0.25, -0.2) is 0 Å². The van der Waals surface area contributed by atoms with Gasteiger partial charge in [0.2, 0.25) is 0 Å². The lowest BCUT2D eigenvalue weighted by Crippen LogP contribution is -2.56. The molecule has 0 saturated heterocycles. The van der Waals surface area contributed by atoms with Gasteiger partial charge < -0.3 is 20.3 Å². The molecule has 4 nitrogen and oxygen atoms in total. The highest BCUT2D eigenvalue weighted by molar-refractivity contribution is 4.88. The summed E-state index contributed by atoms with van der Waals surface area (Å²) in [6, 6.07) is 0.198. The zero-order chi connectivity index (χ0) is 12.4. The summed E-state index contributed by atoms with van der Waals surface area (Å²) in [5.41, 5.74) is -0.572. The number of aliphatic hydroxyl groups is 2. The molecule has 0 aliphatic carbocycles. The van der Waals surface area contributed by atoms with Crippen molar-refractivity contribution in [2.75, 3.05) is 26.9 Å². The number of unbranched alkanes of at least 4 members (excludes halogenated alkanes) is 1. The van der Waals surface area contributed by atoms with Crippen LogP contribution in [0.25, 0.3) is 0 Å². The molecule has 0 aromatic carbocycles. The first-order valence-electron chi connectivity index (χ1n) is 6.16. The second-order valence-electron chi connectivity index (χ2n) is 4.39. The van der Waals surface area contributed by atoms with Crippen LogP contribution in [0, 0.1) is 0 Å². The molecule has 1 unspecified atom stereocenters. The highest BCUT2D eigenvalue weighted by Crippen LogP contribution is 2.12. The van der Waals surface area contributed by atoms with Gasteiger partial charge in [0, 0.05) is 13.2 Å². The number of hydrogen-bond acceptors (Lipinski definition) is 4. The van der Waals surface area contributed by atoms with E-state index in [-0.39, 0.29) is 19.3 Å². The molecule has 0 bridgehead atoms. The number of nitrogens with one attached hydrogen (secondary N) is 1. The predicted molar refractivity (Wildman–Crippen MR) is 65.5 cm³/mol. The minimum absolute atomic E-state index is 0.0493. The van der Waals surface area contributed by atoms with E-state index in [1.54, 1.807) is 7.11 Å². The standard InChI is InChI=1S/C12H27NO3/c1-4-6-7-11(8-16-3)13-12(5-2,9-14)10-15/h11,13-15H,4-10H2,1-3H3. The first-order chi connectivity index (χ1) is 7.67. The lowest BCUT2D eigenvalue weighted by atomic mass is 9.96. The van der Waals surface area contributed by atoms with Crippen molar-refractivity contribution in [1.29, 1.82) is 0 Å². The Hall–Kier alpha value is -0.160. The Kier molecular flexibility index (Phi) is 8.84. The van der Waals surface area contributed by atoms with Crippen molar-refractivity contribution in [3.8, 4) is 0 Å². The molecule has 0 amide bonds. The van der Waals surface area contributed by atoms with E-state index in [1.807, 2.05) is 6.92 Å². The van der Waals surface area contributed by atoms with Crippen LogP contribution in [0.1, 0.15) is 39.5 Å². The fourth-order valence-electron chi connectivity index (χ4n) is 1.75. The van der Waals surface area contributed by atoms with Gasteiger partial charge in [-0.05, 0) is 12.8 Å². The smallest absolute Gasteiger partial charge is 0.0648 e. The van der Waals surface area contributed by atoms with Crippen LogP contribution in [-0.2, 0) is 4.74 Å². The summed E-state index contributed by atoms with van der Waals surface area (Å²) in [7, 11) is 1.67.